The molecule has 0 bridgehead atoms. The van der Waals surface area contributed by atoms with Gasteiger partial charge in [0.25, 0.3) is 5.91 Å². The third-order valence-electron chi connectivity index (χ3n) is 3.63. The second-order valence-corrected chi connectivity index (χ2v) is 5.13. The Morgan fingerprint density at radius 3 is 2.24 bits per heavy atom. The fourth-order valence-electron chi connectivity index (χ4n) is 2.07. The van der Waals surface area contributed by atoms with Crippen molar-refractivity contribution < 1.29 is 13.6 Å². The maximum atomic E-state index is 13.3. The molecule has 0 aliphatic rings. The normalized spacial score (nSPS) is 12.0. The van der Waals surface area contributed by atoms with E-state index in [0.29, 0.717) is 11.1 Å². The number of amides is 1. The highest BCUT2D eigenvalue weighted by molar-refractivity contribution is 5.94. The van der Waals surface area contributed by atoms with Gasteiger partial charge in [-0.05, 0) is 43.7 Å². The zero-order valence-corrected chi connectivity index (χ0v) is 12.2. The van der Waals surface area contributed by atoms with E-state index in [-0.39, 0.29) is 11.9 Å². The Labute approximate surface area is 123 Å². The molecule has 0 aliphatic heterocycles. The molecule has 4 heteroatoms. The Hall–Kier alpha value is -2.23. The topological polar surface area (TPSA) is 20.3 Å². The standard InChI is InChI=1S/C17H17F2NO/c1-11-4-6-13(7-5-11)17(21)20(3)12(2)14-8-9-15(18)16(19)10-14/h4-10,12H,1-3H3. The first-order chi connectivity index (χ1) is 9.90. The molecular weight excluding hydrogens is 272 g/mol. The third kappa shape index (κ3) is 3.27. The van der Waals surface area contributed by atoms with Gasteiger partial charge in [-0.3, -0.25) is 4.79 Å². The van der Waals surface area contributed by atoms with Gasteiger partial charge in [0.2, 0.25) is 0 Å². The van der Waals surface area contributed by atoms with Gasteiger partial charge in [0, 0.05) is 12.6 Å². The van der Waals surface area contributed by atoms with Crippen molar-refractivity contribution >= 4 is 5.91 Å². The van der Waals surface area contributed by atoms with Crippen molar-refractivity contribution in [1.29, 1.82) is 0 Å². The lowest BCUT2D eigenvalue weighted by atomic mass is 10.1. The molecule has 2 aromatic carbocycles. The lowest BCUT2D eigenvalue weighted by Gasteiger charge is -2.25. The van der Waals surface area contributed by atoms with E-state index < -0.39 is 11.6 Å². The van der Waals surface area contributed by atoms with Crippen LogP contribution in [-0.2, 0) is 0 Å². The smallest absolute Gasteiger partial charge is 0.254 e. The Morgan fingerprint density at radius 2 is 1.67 bits per heavy atom. The van der Waals surface area contributed by atoms with Crippen LogP contribution in [0.25, 0.3) is 0 Å². The molecule has 110 valence electrons. The number of hydrogen-bond donors (Lipinski definition) is 0. The summed E-state index contributed by atoms with van der Waals surface area (Å²) in [6, 6.07) is 10.6. The Balaban J connectivity index is 2.21. The lowest BCUT2D eigenvalue weighted by molar-refractivity contribution is 0.0742. The number of benzene rings is 2. The van der Waals surface area contributed by atoms with E-state index in [0.717, 1.165) is 17.7 Å². The average molecular weight is 289 g/mol. The van der Waals surface area contributed by atoms with Gasteiger partial charge in [0.05, 0.1) is 6.04 Å². The monoisotopic (exact) mass is 289 g/mol. The molecule has 2 nitrogen and oxygen atoms in total. The molecule has 0 N–H and O–H groups in total. The highest BCUT2D eigenvalue weighted by Crippen LogP contribution is 2.22. The van der Waals surface area contributed by atoms with Crippen molar-refractivity contribution in [1.82, 2.24) is 4.90 Å². The molecule has 0 radical (unpaired) electrons. The van der Waals surface area contributed by atoms with E-state index in [4.69, 9.17) is 0 Å². The van der Waals surface area contributed by atoms with Crippen molar-refractivity contribution in [3.05, 3.63) is 70.8 Å². The number of hydrogen-bond acceptors (Lipinski definition) is 1. The summed E-state index contributed by atoms with van der Waals surface area (Å²) in [5.74, 6) is -1.96. The van der Waals surface area contributed by atoms with Gasteiger partial charge in [-0.1, -0.05) is 23.8 Å². The second kappa shape index (κ2) is 6.04. The van der Waals surface area contributed by atoms with Crippen LogP contribution in [0, 0.1) is 18.6 Å². The molecule has 1 atom stereocenters. The molecule has 0 aliphatic carbocycles. The summed E-state index contributed by atoms with van der Waals surface area (Å²) < 4.78 is 26.3. The molecule has 0 fully saturated rings. The minimum Gasteiger partial charge on any atom is -0.335 e. The van der Waals surface area contributed by atoms with Crippen LogP contribution in [0.4, 0.5) is 8.78 Å². The first kappa shape index (κ1) is 15.2. The van der Waals surface area contributed by atoms with E-state index in [1.54, 1.807) is 26.1 Å². The van der Waals surface area contributed by atoms with Gasteiger partial charge in [0.15, 0.2) is 11.6 Å². The molecule has 0 saturated heterocycles. The first-order valence-corrected chi connectivity index (χ1v) is 6.69. The lowest BCUT2D eigenvalue weighted by Crippen LogP contribution is -2.29. The van der Waals surface area contributed by atoms with Crippen LogP contribution in [-0.4, -0.2) is 17.9 Å². The predicted octanol–water partition coefficient (Wildman–Crippen LogP) is 4.11. The maximum Gasteiger partial charge on any atom is 0.254 e. The van der Waals surface area contributed by atoms with Crippen LogP contribution in [0.15, 0.2) is 42.5 Å². The van der Waals surface area contributed by atoms with Gasteiger partial charge >= 0.3 is 0 Å². The summed E-state index contributed by atoms with van der Waals surface area (Å²) in [6.07, 6.45) is 0. The highest BCUT2D eigenvalue weighted by Gasteiger charge is 2.19. The van der Waals surface area contributed by atoms with Crippen LogP contribution in [0.5, 0.6) is 0 Å². The molecule has 0 spiro atoms. The zero-order chi connectivity index (χ0) is 15.6. The molecule has 2 aromatic rings. The fraction of sp³-hybridized carbons (Fsp3) is 0.235. The van der Waals surface area contributed by atoms with Crippen LogP contribution in [0.2, 0.25) is 0 Å². The summed E-state index contributed by atoms with van der Waals surface area (Å²) in [5, 5.41) is 0. The summed E-state index contributed by atoms with van der Waals surface area (Å²) in [4.78, 5) is 13.9. The summed E-state index contributed by atoms with van der Waals surface area (Å²) in [5.41, 5.74) is 2.19. The fourth-order valence-corrected chi connectivity index (χ4v) is 2.07. The minimum atomic E-state index is -0.907. The minimum absolute atomic E-state index is 0.160. The average Bonchev–Trinajstić information content (AvgIpc) is 2.48. The number of nitrogens with zero attached hydrogens (tertiary/aromatic N) is 1. The SMILES string of the molecule is Cc1ccc(C(=O)N(C)C(C)c2ccc(F)c(F)c2)cc1. The van der Waals surface area contributed by atoms with E-state index >= 15 is 0 Å². The van der Waals surface area contributed by atoms with Gasteiger partial charge in [-0.25, -0.2) is 8.78 Å². The largest absolute Gasteiger partial charge is 0.335 e. The van der Waals surface area contributed by atoms with Gasteiger partial charge in [-0.15, -0.1) is 0 Å². The Morgan fingerprint density at radius 1 is 1.05 bits per heavy atom. The van der Waals surface area contributed by atoms with Crippen LogP contribution in [0.1, 0.15) is 34.5 Å². The summed E-state index contributed by atoms with van der Waals surface area (Å²) in [6.45, 7) is 3.72. The quantitative estimate of drug-likeness (QED) is 0.833. The number of rotatable bonds is 3. The van der Waals surface area contributed by atoms with E-state index in [9.17, 15) is 13.6 Å². The van der Waals surface area contributed by atoms with Crippen LogP contribution < -0.4 is 0 Å². The Bertz CT molecular complexity index is 652. The number of carbonyl (C=O) groups is 1. The summed E-state index contributed by atoms with van der Waals surface area (Å²) in [7, 11) is 1.65. The van der Waals surface area contributed by atoms with E-state index in [1.165, 1.54) is 11.0 Å². The predicted molar refractivity (Wildman–Crippen MR) is 78.0 cm³/mol. The number of halogens is 2. The van der Waals surface area contributed by atoms with Crippen molar-refractivity contribution in [3.8, 4) is 0 Å². The van der Waals surface area contributed by atoms with Gasteiger partial charge < -0.3 is 4.90 Å². The van der Waals surface area contributed by atoms with E-state index in [2.05, 4.69) is 0 Å². The van der Waals surface area contributed by atoms with E-state index in [1.807, 2.05) is 19.1 Å². The Kier molecular flexibility index (Phi) is 4.36. The van der Waals surface area contributed by atoms with Crippen LogP contribution >= 0.6 is 0 Å². The molecular formula is C17H17F2NO. The molecule has 1 unspecified atom stereocenters. The first-order valence-electron chi connectivity index (χ1n) is 6.69. The van der Waals surface area contributed by atoms with Crippen LogP contribution in [0.3, 0.4) is 0 Å². The summed E-state index contributed by atoms with van der Waals surface area (Å²) >= 11 is 0. The van der Waals surface area contributed by atoms with Crippen molar-refractivity contribution in [2.24, 2.45) is 0 Å². The molecule has 2 rings (SSSR count). The third-order valence-corrected chi connectivity index (χ3v) is 3.63. The molecule has 0 heterocycles. The maximum absolute atomic E-state index is 13.3. The second-order valence-electron chi connectivity index (χ2n) is 5.13. The zero-order valence-electron chi connectivity index (χ0n) is 12.2. The molecule has 21 heavy (non-hydrogen) atoms. The highest BCUT2D eigenvalue weighted by atomic mass is 19.2. The number of carbonyl (C=O) groups excluding carboxylic acids is 1. The van der Waals surface area contributed by atoms with Crippen molar-refractivity contribution in [3.63, 3.8) is 0 Å². The van der Waals surface area contributed by atoms with Crippen molar-refractivity contribution in [2.45, 2.75) is 19.9 Å². The molecule has 1 amide bonds. The molecule has 0 saturated carbocycles. The van der Waals surface area contributed by atoms with Gasteiger partial charge in [0.1, 0.15) is 0 Å². The van der Waals surface area contributed by atoms with Crippen molar-refractivity contribution in [2.75, 3.05) is 7.05 Å². The molecule has 0 aromatic heterocycles. The number of aryl methyl sites for hydroxylation is 1. The van der Waals surface area contributed by atoms with Gasteiger partial charge in [-0.2, -0.15) is 0 Å².